The summed E-state index contributed by atoms with van der Waals surface area (Å²) < 4.78 is 29.5. The molecule has 0 aliphatic carbocycles. The van der Waals surface area contributed by atoms with E-state index in [9.17, 15) is 8.42 Å². The van der Waals surface area contributed by atoms with E-state index in [1.54, 1.807) is 12.1 Å². The Morgan fingerprint density at radius 1 is 1.25 bits per heavy atom. The summed E-state index contributed by atoms with van der Waals surface area (Å²) in [6.45, 7) is 3.50. The van der Waals surface area contributed by atoms with Crippen LogP contribution in [0.15, 0.2) is 29.2 Å². The molecule has 5 heteroatoms. The van der Waals surface area contributed by atoms with Crippen molar-refractivity contribution in [2.45, 2.75) is 43.6 Å². The zero-order chi connectivity index (χ0) is 14.4. The predicted octanol–water partition coefficient (Wildman–Crippen LogP) is 2.85. The molecule has 0 radical (unpaired) electrons. The number of rotatable bonds is 6. The number of nitrogens with one attached hydrogen (secondary N) is 1. The predicted molar refractivity (Wildman–Crippen MR) is 80.9 cm³/mol. The number of benzene rings is 1. The Balaban J connectivity index is 1.91. The Kier molecular flexibility index (Phi) is 5.43. The van der Waals surface area contributed by atoms with Crippen LogP contribution in [0, 0.1) is 0 Å². The minimum atomic E-state index is -3.11. The van der Waals surface area contributed by atoms with Gasteiger partial charge in [-0.15, -0.1) is 0 Å². The quantitative estimate of drug-likeness (QED) is 0.877. The minimum Gasteiger partial charge on any atom is -0.382 e. The van der Waals surface area contributed by atoms with Crippen LogP contribution in [0.2, 0.25) is 0 Å². The highest BCUT2D eigenvalue weighted by Gasteiger charge is 2.14. The highest BCUT2D eigenvalue weighted by molar-refractivity contribution is 7.91. The van der Waals surface area contributed by atoms with Gasteiger partial charge in [0.25, 0.3) is 0 Å². The van der Waals surface area contributed by atoms with E-state index < -0.39 is 9.84 Å². The minimum absolute atomic E-state index is 0.204. The number of hydrogen-bond donors (Lipinski definition) is 1. The first-order chi connectivity index (χ1) is 9.62. The molecule has 1 unspecified atom stereocenters. The first-order valence-corrected chi connectivity index (χ1v) is 8.95. The van der Waals surface area contributed by atoms with Crippen molar-refractivity contribution in [2.24, 2.45) is 0 Å². The molecule has 112 valence electrons. The maximum atomic E-state index is 11.9. The monoisotopic (exact) mass is 297 g/mol. The Hall–Kier alpha value is -1.07. The number of ether oxygens (including phenoxy) is 1. The van der Waals surface area contributed by atoms with Crippen LogP contribution in [0.25, 0.3) is 0 Å². The van der Waals surface area contributed by atoms with E-state index in [-0.39, 0.29) is 11.9 Å². The lowest BCUT2D eigenvalue weighted by Crippen LogP contribution is -2.26. The van der Waals surface area contributed by atoms with Gasteiger partial charge >= 0.3 is 0 Å². The summed E-state index contributed by atoms with van der Waals surface area (Å²) in [6, 6.07) is 7.00. The van der Waals surface area contributed by atoms with E-state index in [2.05, 4.69) is 5.32 Å². The molecule has 0 amide bonds. The van der Waals surface area contributed by atoms with Gasteiger partial charge in [-0.3, -0.25) is 0 Å². The lowest BCUT2D eigenvalue weighted by molar-refractivity contribution is 0.0247. The summed E-state index contributed by atoms with van der Waals surface area (Å²) in [7, 11) is -3.11. The second-order valence-electron chi connectivity index (χ2n) is 5.21. The van der Waals surface area contributed by atoms with Gasteiger partial charge in [0.1, 0.15) is 0 Å². The summed E-state index contributed by atoms with van der Waals surface area (Å²) >= 11 is 0. The molecule has 1 N–H and O–H groups in total. The zero-order valence-corrected chi connectivity index (χ0v) is 12.8. The van der Waals surface area contributed by atoms with Gasteiger partial charge < -0.3 is 10.1 Å². The van der Waals surface area contributed by atoms with Gasteiger partial charge in [0.05, 0.1) is 16.8 Å². The molecule has 1 fully saturated rings. The van der Waals surface area contributed by atoms with Crippen molar-refractivity contribution in [3.05, 3.63) is 24.3 Å². The van der Waals surface area contributed by atoms with E-state index in [4.69, 9.17) is 4.74 Å². The summed E-state index contributed by atoms with van der Waals surface area (Å²) in [6.07, 6.45) is 4.38. The van der Waals surface area contributed by atoms with Crippen LogP contribution in [-0.4, -0.2) is 33.4 Å². The second kappa shape index (κ2) is 7.09. The molecule has 20 heavy (non-hydrogen) atoms. The molecule has 0 spiro atoms. The van der Waals surface area contributed by atoms with Gasteiger partial charge in [-0.05, 0) is 49.9 Å². The van der Waals surface area contributed by atoms with Crippen molar-refractivity contribution in [1.29, 1.82) is 0 Å². The highest BCUT2D eigenvalue weighted by atomic mass is 32.2. The fourth-order valence-corrected chi connectivity index (χ4v) is 3.69. The molecule has 1 aromatic carbocycles. The van der Waals surface area contributed by atoms with Crippen LogP contribution >= 0.6 is 0 Å². The van der Waals surface area contributed by atoms with Gasteiger partial charge in [-0.2, -0.15) is 0 Å². The van der Waals surface area contributed by atoms with Crippen LogP contribution in [0.5, 0.6) is 0 Å². The molecule has 1 aromatic rings. The fourth-order valence-electron chi connectivity index (χ4n) is 2.37. The maximum Gasteiger partial charge on any atom is 0.178 e. The zero-order valence-electron chi connectivity index (χ0n) is 12.0. The molecule has 1 aliphatic heterocycles. The van der Waals surface area contributed by atoms with Crippen molar-refractivity contribution in [2.75, 3.05) is 24.2 Å². The lowest BCUT2D eigenvalue weighted by Gasteiger charge is -2.23. The summed E-state index contributed by atoms with van der Waals surface area (Å²) in [4.78, 5) is 0.402. The van der Waals surface area contributed by atoms with Crippen molar-refractivity contribution in [1.82, 2.24) is 0 Å². The number of hydrogen-bond acceptors (Lipinski definition) is 4. The SMILES string of the molecule is CCCS(=O)(=O)c1ccc(NCC2CCCCO2)cc1. The Morgan fingerprint density at radius 2 is 2.00 bits per heavy atom. The molecular formula is C15H23NO3S. The molecule has 1 atom stereocenters. The average Bonchev–Trinajstić information content (AvgIpc) is 2.47. The Labute approximate surface area is 121 Å². The molecule has 0 aromatic heterocycles. The van der Waals surface area contributed by atoms with Crippen LogP contribution < -0.4 is 5.32 Å². The summed E-state index contributed by atoms with van der Waals surface area (Å²) in [5.74, 6) is 0.204. The molecule has 1 saturated heterocycles. The smallest absolute Gasteiger partial charge is 0.178 e. The van der Waals surface area contributed by atoms with Gasteiger partial charge in [-0.25, -0.2) is 8.42 Å². The van der Waals surface area contributed by atoms with Crippen LogP contribution in [0.3, 0.4) is 0 Å². The largest absolute Gasteiger partial charge is 0.382 e. The van der Waals surface area contributed by atoms with Gasteiger partial charge in [-0.1, -0.05) is 6.92 Å². The third-order valence-electron chi connectivity index (χ3n) is 3.49. The first kappa shape index (κ1) is 15.3. The maximum absolute atomic E-state index is 11.9. The standard InChI is InChI=1S/C15H23NO3S/c1-2-11-20(17,18)15-8-6-13(7-9-15)16-12-14-5-3-4-10-19-14/h6-9,14,16H,2-5,10-12H2,1H3. The van der Waals surface area contributed by atoms with Crippen molar-refractivity contribution < 1.29 is 13.2 Å². The third-order valence-corrected chi connectivity index (χ3v) is 5.43. The van der Waals surface area contributed by atoms with E-state index in [1.165, 1.54) is 6.42 Å². The third kappa shape index (κ3) is 4.21. The van der Waals surface area contributed by atoms with Gasteiger partial charge in [0, 0.05) is 18.8 Å². The molecule has 1 aliphatic rings. The second-order valence-corrected chi connectivity index (χ2v) is 7.32. The first-order valence-electron chi connectivity index (χ1n) is 7.30. The highest BCUT2D eigenvalue weighted by Crippen LogP contribution is 2.17. The van der Waals surface area contributed by atoms with E-state index >= 15 is 0 Å². The van der Waals surface area contributed by atoms with E-state index in [0.29, 0.717) is 11.3 Å². The fraction of sp³-hybridized carbons (Fsp3) is 0.600. The number of sulfone groups is 1. The molecule has 1 heterocycles. The topological polar surface area (TPSA) is 55.4 Å². The van der Waals surface area contributed by atoms with Crippen LogP contribution in [0.4, 0.5) is 5.69 Å². The van der Waals surface area contributed by atoms with Crippen LogP contribution in [-0.2, 0) is 14.6 Å². The van der Waals surface area contributed by atoms with Gasteiger partial charge in [0.2, 0.25) is 0 Å². The normalized spacial score (nSPS) is 19.8. The van der Waals surface area contributed by atoms with Gasteiger partial charge in [0.15, 0.2) is 9.84 Å². The van der Waals surface area contributed by atoms with Crippen LogP contribution in [0.1, 0.15) is 32.6 Å². The van der Waals surface area contributed by atoms with E-state index in [0.717, 1.165) is 31.7 Å². The lowest BCUT2D eigenvalue weighted by atomic mass is 10.1. The molecule has 2 rings (SSSR count). The Morgan fingerprint density at radius 3 is 2.60 bits per heavy atom. The molecular weight excluding hydrogens is 274 g/mol. The van der Waals surface area contributed by atoms with Crippen molar-refractivity contribution in [3.63, 3.8) is 0 Å². The summed E-state index contributed by atoms with van der Waals surface area (Å²) in [5, 5.41) is 3.31. The number of anilines is 1. The molecule has 0 bridgehead atoms. The van der Waals surface area contributed by atoms with Crippen molar-refractivity contribution >= 4 is 15.5 Å². The Bertz CT molecular complexity index is 504. The molecule has 0 saturated carbocycles. The van der Waals surface area contributed by atoms with Crippen molar-refractivity contribution in [3.8, 4) is 0 Å². The van der Waals surface area contributed by atoms with E-state index in [1.807, 2.05) is 19.1 Å². The summed E-state index contributed by atoms with van der Waals surface area (Å²) in [5.41, 5.74) is 0.939. The molecule has 4 nitrogen and oxygen atoms in total. The average molecular weight is 297 g/mol.